The highest BCUT2D eigenvalue weighted by molar-refractivity contribution is 6.46. The highest BCUT2D eigenvalue weighted by Gasteiger charge is 2.47. The first-order chi connectivity index (χ1) is 13.6. The molecule has 2 aromatic heterocycles. The molecule has 6 heteroatoms. The third-order valence-electron chi connectivity index (χ3n) is 4.68. The summed E-state index contributed by atoms with van der Waals surface area (Å²) in [5, 5.41) is 10.9. The lowest BCUT2D eigenvalue weighted by atomic mass is 9.99. The molecule has 1 aliphatic heterocycles. The van der Waals surface area contributed by atoms with Crippen LogP contribution in [0.25, 0.3) is 5.76 Å². The minimum atomic E-state index is -0.823. The molecule has 0 saturated carbocycles. The van der Waals surface area contributed by atoms with Gasteiger partial charge in [0.15, 0.2) is 0 Å². The molecule has 6 nitrogen and oxygen atoms in total. The number of carbonyl (C=O) groups excluding carboxylic acids is 2. The van der Waals surface area contributed by atoms with Crippen LogP contribution >= 0.6 is 0 Å². The maximum Gasteiger partial charge on any atom is 0.296 e. The lowest BCUT2D eigenvalue weighted by Gasteiger charge is -2.23. The fourth-order valence-corrected chi connectivity index (χ4v) is 3.36. The van der Waals surface area contributed by atoms with Gasteiger partial charge in [0, 0.05) is 11.8 Å². The minimum Gasteiger partial charge on any atom is -0.507 e. The molecule has 140 valence electrons. The van der Waals surface area contributed by atoms with E-state index in [0.717, 1.165) is 0 Å². The number of Topliss-reactive ketones (excluding diaryl/α,β-unsaturated/α-hetero) is 1. The van der Waals surface area contributed by atoms with E-state index >= 15 is 0 Å². The number of nitrogens with zero attached hydrogens (tertiary/aromatic N) is 2. The smallest absolute Gasteiger partial charge is 0.296 e. The molecule has 0 radical (unpaired) electrons. The Hall–Kier alpha value is -3.67. The molecule has 0 bridgehead atoms. The van der Waals surface area contributed by atoms with E-state index in [4.69, 9.17) is 4.42 Å². The third-order valence-corrected chi connectivity index (χ3v) is 4.68. The quantitative estimate of drug-likeness (QED) is 0.428. The molecular weight excluding hydrogens is 356 g/mol. The first-order valence-corrected chi connectivity index (χ1v) is 8.86. The van der Waals surface area contributed by atoms with E-state index in [1.54, 1.807) is 61.7 Å². The van der Waals surface area contributed by atoms with Gasteiger partial charge in [0.05, 0.1) is 17.8 Å². The van der Waals surface area contributed by atoms with Gasteiger partial charge in [-0.25, -0.2) is 0 Å². The van der Waals surface area contributed by atoms with Crippen LogP contribution in [0.3, 0.4) is 0 Å². The Labute approximate surface area is 161 Å². The number of aliphatic hydroxyl groups excluding tert-OH is 1. The van der Waals surface area contributed by atoms with Gasteiger partial charge in [-0.1, -0.05) is 36.4 Å². The molecule has 0 aliphatic carbocycles. The van der Waals surface area contributed by atoms with Crippen molar-refractivity contribution in [2.45, 2.75) is 19.5 Å². The second-order valence-corrected chi connectivity index (χ2v) is 6.56. The van der Waals surface area contributed by atoms with Crippen LogP contribution in [-0.4, -0.2) is 26.7 Å². The van der Waals surface area contributed by atoms with Gasteiger partial charge < -0.3 is 14.4 Å². The number of carbonyl (C=O) groups is 2. The summed E-state index contributed by atoms with van der Waals surface area (Å²) in [5.41, 5.74) is 1.12. The number of pyridine rings is 1. The topological polar surface area (TPSA) is 83.6 Å². The summed E-state index contributed by atoms with van der Waals surface area (Å²) in [7, 11) is 0. The maximum atomic E-state index is 12.8. The number of benzene rings is 1. The highest BCUT2D eigenvalue weighted by atomic mass is 16.3. The van der Waals surface area contributed by atoms with Crippen LogP contribution in [0.5, 0.6) is 0 Å². The van der Waals surface area contributed by atoms with E-state index in [2.05, 4.69) is 4.98 Å². The van der Waals surface area contributed by atoms with Crippen LogP contribution in [0, 0.1) is 6.92 Å². The van der Waals surface area contributed by atoms with Gasteiger partial charge in [0.1, 0.15) is 23.3 Å². The van der Waals surface area contributed by atoms with E-state index in [1.165, 1.54) is 4.90 Å². The number of aromatic nitrogens is 1. The summed E-state index contributed by atoms with van der Waals surface area (Å²) >= 11 is 0. The predicted octanol–water partition coefficient (Wildman–Crippen LogP) is 3.60. The maximum absolute atomic E-state index is 12.8. The van der Waals surface area contributed by atoms with Gasteiger partial charge in [-0.05, 0) is 31.2 Å². The summed E-state index contributed by atoms with van der Waals surface area (Å²) in [6.45, 7) is 1.91. The average Bonchev–Trinajstić information content (AvgIpc) is 3.25. The summed E-state index contributed by atoms with van der Waals surface area (Å²) in [5.74, 6) is -0.580. The molecule has 1 aliphatic rings. The van der Waals surface area contributed by atoms with Crippen molar-refractivity contribution < 1.29 is 19.1 Å². The number of amides is 1. The SMILES string of the molecule is Cc1ccc(C2/C(=C(/O)c3ccccc3)C(=O)C(=O)N2Cc2ccccn2)o1. The van der Waals surface area contributed by atoms with Crippen LogP contribution in [0.4, 0.5) is 0 Å². The van der Waals surface area contributed by atoms with E-state index in [0.29, 0.717) is 22.8 Å². The van der Waals surface area contributed by atoms with E-state index in [1.807, 2.05) is 12.1 Å². The van der Waals surface area contributed by atoms with Gasteiger partial charge >= 0.3 is 0 Å². The number of furan rings is 1. The molecule has 3 aromatic rings. The Kier molecular flexibility index (Phi) is 4.53. The zero-order valence-corrected chi connectivity index (χ0v) is 15.2. The number of aryl methyl sites for hydroxylation is 1. The number of likely N-dealkylation sites (tertiary alicyclic amines) is 1. The molecule has 4 rings (SSSR count). The number of ketones is 1. The second-order valence-electron chi connectivity index (χ2n) is 6.56. The van der Waals surface area contributed by atoms with Crippen molar-refractivity contribution in [3.05, 3.63) is 95.2 Å². The molecule has 1 unspecified atom stereocenters. The van der Waals surface area contributed by atoms with Crippen molar-refractivity contribution in [1.29, 1.82) is 0 Å². The average molecular weight is 374 g/mol. The van der Waals surface area contributed by atoms with Gasteiger partial charge in [0.2, 0.25) is 0 Å². The van der Waals surface area contributed by atoms with Crippen molar-refractivity contribution in [2.75, 3.05) is 0 Å². The zero-order chi connectivity index (χ0) is 19.7. The summed E-state index contributed by atoms with van der Waals surface area (Å²) in [6.07, 6.45) is 1.63. The largest absolute Gasteiger partial charge is 0.507 e. The summed E-state index contributed by atoms with van der Waals surface area (Å²) in [6, 6.07) is 16.7. The molecule has 1 N–H and O–H groups in total. The van der Waals surface area contributed by atoms with Crippen LogP contribution in [0.1, 0.15) is 28.8 Å². The van der Waals surface area contributed by atoms with Gasteiger partial charge in [-0.15, -0.1) is 0 Å². The van der Waals surface area contributed by atoms with Crippen LogP contribution in [-0.2, 0) is 16.1 Å². The molecule has 0 spiro atoms. The van der Waals surface area contributed by atoms with E-state index in [-0.39, 0.29) is 17.9 Å². The fourth-order valence-electron chi connectivity index (χ4n) is 3.36. The molecule has 1 saturated heterocycles. The molecule has 28 heavy (non-hydrogen) atoms. The van der Waals surface area contributed by atoms with Gasteiger partial charge in [-0.3, -0.25) is 14.6 Å². The van der Waals surface area contributed by atoms with E-state index < -0.39 is 17.7 Å². The lowest BCUT2D eigenvalue weighted by molar-refractivity contribution is -0.140. The first-order valence-electron chi connectivity index (χ1n) is 8.86. The van der Waals surface area contributed by atoms with Gasteiger partial charge in [-0.2, -0.15) is 0 Å². The minimum absolute atomic E-state index is 0.0153. The Morgan fingerprint density at radius 2 is 1.82 bits per heavy atom. The predicted molar refractivity (Wildman–Crippen MR) is 102 cm³/mol. The molecule has 1 fully saturated rings. The number of rotatable bonds is 4. The Morgan fingerprint density at radius 1 is 1.07 bits per heavy atom. The second kappa shape index (κ2) is 7.15. The standard InChI is InChI=1S/C22H18N2O4/c1-14-10-11-17(28-14)19-18(20(25)15-7-3-2-4-8-15)21(26)22(27)24(19)13-16-9-5-6-12-23-16/h2-12,19,25H,13H2,1H3/b20-18-. The van der Waals surface area contributed by atoms with Crippen LogP contribution in [0.15, 0.2) is 76.9 Å². The summed E-state index contributed by atoms with van der Waals surface area (Å²) in [4.78, 5) is 31.3. The van der Waals surface area contributed by atoms with Gasteiger partial charge in [0.25, 0.3) is 11.7 Å². The number of hydrogen-bond acceptors (Lipinski definition) is 5. The van der Waals surface area contributed by atoms with Crippen LogP contribution < -0.4 is 0 Å². The lowest BCUT2D eigenvalue weighted by Crippen LogP contribution is -2.29. The van der Waals surface area contributed by atoms with Crippen molar-refractivity contribution >= 4 is 17.4 Å². The molecule has 3 heterocycles. The zero-order valence-electron chi connectivity index (χ0n) is 15.2. The fraction of sp³-hybridized carbons (Fsp3) is 0.136. The third kappa shape index (κ3) is 3.09. The molecular formula is C22H18N2O4. The summed E-state index contributed by atoms with van der Waals surface area (Å²) < 4.78 is 5.74. The van der Waals surface area contributed by atoms with Crippen molar-refractivity contribution in [3.8, 4) is 0 Å². The Morgan fingerprint density at radius 3 is 2.46 bits per heavy atom. The van der Waals surface area contributed by atoms with Crippen LogP contribution in [0.2, 0.25) is 0 Å². The molecule has 1 amide bonds. The van der Waals surface area contributed by atoms with Crippen molar-refractivity contribution in [1.82, 2.24) is 9.88 Å². The molecule has 1 aromatic carbocycles. The van der Waals surface area contributed by atoms with Crippen molar-refractivity contribution in [2.24, 2.45) is 0 Å². The monoisotopic (exact) mass is 374 g/mol. The Balaban J connectivity index is 1.85. The Bertz CT molecular complexity index is 1050. The first kappa shape index (κ1) is 17.7. The molecule has 1 atom stereocenters. The number of hydrogen-bond donors (Lipinski definition) is 1. The number of aliphatic hydroxyl groups is 1. The highest BCUT2D eigenvalue weighted by Crippen LogP contribution is 2.40. The van der Waals surface area contributed by atoms with E-state index in [9.17, 15) is 14.7 Å². The normalized spacial score (nSPS) is 18.6. The van der Waals surface area contributed by atoms with Crippen molar-refractivity contribution in [3.63, 3.8) is 0 Å².